The number of hydrogen-bond acceptors (Lipinski definition) is 2. The zero-order valence-corrected chi connectivity index (χ0v) is 10.9. The standard InChI is InChI=1S/C16H11FN2O2/c17-14-9-5-4-6-11(14)10-13-15(20)18-19(16(13)21)12-7-2-1-3-8-12/h1-10H,(H,18,20)/b13-10+. The van der Waals surface area contributed by atoms with Crippen molar-refractivity contribution in [2.45, 2.75) is 0 Å². The summed E-state index contributed by atoms with van der Waals surface area (Å²) in [5, 5.41) is 1.15. The van der Waals surface area contributed by atoms with E-state index in [0.29, 0.717) is 5.69 Å². The highest BCUT2D eigenvalue weighted by atomic mass is 19.1. The number of amides is 2. The first-order chi connectivity index (χ1) is 10.2. The first kappa shape index (κ1) is 13.1. The van der Waals surface area contributed by atoms with Crippen molar-refractivity contribution in [1.29, 1.82) is 0 Å². The fourth-order valence-corrected chi connectivity index (χ4v) is 2.06. The number of carbonyl (C=O) groups excluding carboxylic acids is 2. The van der Waals surface area contributed by atoms with Gasteiger partial charge in [-0.3, -0.25) is 15.0 Å². The van der Waals surface area contributed by atoms with E-state index in [0.717, 1.165) is 5.01 Å². The van der Waals surface area contributed by atoms with Crippen LogP contribution in [0.15, 0.2) is 60.2 Å². The van der Waals surface area contributed by atoms with Gasteiger partial charge < -0.3 is 0 Å². The molecule has 0 aromatic heterocycles. The Labute approximate surface area is 120 Å². The number of hydrogen-bond donors (Lipinski definition) is 1. The van der Waals surface area contributed by atoms with Crippen LogP contribution >= 0.6 is 0 Å². The predicted molar refractivity (Wildman–Crippen MR) is 76.4 cm³/mol. The lowest BCUT2D eigenvalue weighted by Crippen LogP contribution is -2.35. The molecule has 3 rings (SSSR count). The minimum absolute atomic E-state index is 0.0936. The molecule has 1 saturated heterocycles. The molecule has 2 aromatic carbocycles. The number of nitrogens with zero attached hydrogens (tertiary/aromatic N) is 1. The highest BCUT2D eigenvalue weighted by Gasteiger charge is 2.34. The number of benzene rings is 2. The molecule has 1 heterocycles. The third-order valence-electron chi connectivity index (χ3n) is 3.11. The second-order valence-electron chi connectivity index (χ2n) is 4.50. The van der Waals surface area contributed by atoms with Gasteiger partial charge in [-0.15, -0.1) is 0 Å². The largest absolute Gasteiger partial charge is 0.282 e. The highest BCUT2D eigenvalue weighted by molar-refractivity contribution is 6.31. The van der Waals surface area contributed by atoms with Crippen molar-refractivity contribution in [3.8, 4) is 0 Å². The molecular formula is C16H11FN2O2. The zero-order valence-electron chi connectivity index (χ0n) is 10.9. The summed E-state index contributed by atoms with van der Waals surface area (Å²) in [7, 11) is 0. The van der Waals surface area contributed by atoms with Crippen LogP contribution in [0.1, 0.15) is 5.56 Å². The number of nitrogens with one attached hydrogen (secondary N) is 1. The Hall–Kier alpha value is -2.95. The molecule has 1 aliphatic rings. The predicted octanol–water partition coefficient (Wildman–Crippen LogP) is 2.29. The molecule has 0 bridgehead atoms. The molecule has 0 saturated carbocycles. The van der Waals surface area contributed by atoms with Crippen LogP contribution < -0.4 is 10.4 Å². The molecule has 1 N–H and O–H groups in total. The molecule has 1 fully saturated rings. The van der Waals surface area contributed by atoms with Crippen molar-refractivity contribution < 1.29 is 14.0 Å². The minimum atomic E-state index is -0.549. The number of hydrazine groups is 1. The van der Waals surface area contributed by atoms with Crippen LogP contribution in [0.3, 0.4) is 0 Å². The van der Waals surface area contributed by atoms with Gasteiger partial charge in [-0.05, 0) is 24.3 Å². The first-order valence-electron chi connectivity index (χ1n) is 6.33. The summed E-state index contributed by atoms with van der Waals surface area (Å²) >= 11 is 0. The Kier molecular flexibility index (Phi) is 3.23. The average Bonchev–Trinajstić information content (AvgIpc) is 2.78. The van der Waals surface area contributed by atoms with Crippen LogP contribution in [-0.4, -0.2) is 11.8 Å². The number of rotatable bonds is 2. The third kappa shape index (κ3) is 2.41. The van der Waals surface area contributed by atoms with Crippen molar-refractivity contribution >= 4 is 23.6 Å². The van der Waals surface area contributed by atoms with E-state index in [9.17, 15) is 14.0 Å². The van der Waals surface area contributed by atoms with E-state index >= 15 is 0 Å². The maximum atomic E-state index is 13.6. The number of carbonyl (C=O) groups is 2. The lowest BCUT2D eigenvalue weighted by atomic mass is 10.1. The molecule has 0 unspecified atom stereocenters. The van der Waals surface area contributed by atoms with E-state index in [1.54, 1.807) is 36.4 Å². The summed E-state index contributed by atoms with van der Waals surface area (Å²) < 4.78 is 13.6. The molecular weight excluding hydrogens is 271 g/mol. The maximum absolute atomic E-state index is 13.6. The normalized spacial score (nSPS) is 16.4. The lowest BCUT2D eigenvalue weighted by Gasteiger charge is -2.13. The molecule has 0 atom stereocenters. The Balaban J connectivity index is 1.97. The van der Waals surface area contributed by atoms with Crippen LogP contribution in [0.4, 0.5) is 10.1 Å². The SMILES string of the molecule is O=C1NN(c2ccccc2)C(=O)/C1=C/c1ccccc1F. The summed E-state index contributed by atoms with van der Waals surface area (Å²) in [4.78, 5) is 24.2. The van der Waals surface area contributed by atoms with Gasteiger partial charge in [0.1, 0.15) is 11.4 Å². The van der Waals surface area contributed by atoms with Crippen molar-refractivity contribution in [2.24, 2.45) is 0 Å². The molecule has 0 aliphatic carbocycles. The fourth-order valence-electron chi connectivity index (χ4n) is 2.06. The molecule has 0 spiro atoms. The van der Waals surface area contributed by atoms with Gasteiger partial charge in [-0.25, -0.2) is 9.40 Å². The summed E-state index contributed by atoms with van der Waals surface area (Å²) in [5.74, 6) is -1.54. The van der Waals surface area contributed by atoms with Crippen LogP contribution in [0, 0.1) is 5.82 Å². The Morgan fingerprint density at radius 2 is 1.62 bits per heavy atom. The molecule has 2 amide bonds. The molecule has 4 nitrogen and oxygen atoms in total. The molecule has 1 aliphatic heterocycles. The van der Waals surface area contributed by atoms with Gasteiger partial charge in [0, 0.05) is 5.56 Å². The highest BCUT2D eigenvalue weighted by Crippen LogP contribution is 2.21. The van der Waals surface area contributed by atoms with Gasteiger partial charge in [0.25, 0.3) is 11.8 Å². The van der Waals surface area contributed by atoms with Crippen LogP contribution in [0.25, 0.3) is 6.08 Å². The number of para-hydroxylation sites is 1. The van der Waals surface area contributed by atoms with E-state index in [4.69, 9.17) is 0 Å². The first-order valence-corrected chi connectivity index (χ1v) is 6.33. The van der Waals surface area contributed by atoms with Crippen LogP contribution in [0.5, 0.6) is 0 Å². The van der Waals surface area contributed by atoms with Gasteiger partial charge >= 0.3 is 0 Å². The number of halogens is 1. The fraction of sp³-hybridized carbons (Fsp3) is 0. The van der Waals surface area contributed by atoms with Gasteiger partial charge in [0.2, 0.25) is 0 Å². The smallest absolute Gasteiger partial charge is 0.267 e. The minimum Gasteiger partial charge on any atom is -0.267 e. The van der Waals surface area contributed by atoms with E-state index in [-0.39, 0.29) is 11.1 Å². The van der Waals surface area contributed by atoms with Gasteiger partial charge in [0.05, 0.1) is 5.69 Å². The quantitative estimate of drug-likeness (QED) is 0.678. The molecule has 5 heteroatoms. The second kappa shape index (κ2) is 5.20. The molecule has 21 heavy (non-hydrogen) atoms. The van der Waals surface area contributed by atoms with E-state index < -0.39 is 17.6 Å². The monoisotopic (exact) mass is 282 g/mol. The molecule has 0 radical (unpaired) electrons. The lowest BCUT2D eigenvalue weighted by molar-refractivity contribution is -0.117. The average molecular weight is 282 g/mol. The Morgan fingerprint density at radius 3 is 2.33 bits per heavy atom. The maximum Gasteiger partial charge on any atom is 0.282 e. The van der Waals surface area contributed by atoms with E-state index in [1.165, 1.54) is 18.2 Å². The van der Waals surface area contributed by atoms with Gasteiger partial charge in [-0.1, -0.05) is 36.4 Å². The van der Waals surface area contributed by atoms with Crippen molar-refractivity contribution in [3.63, 3.8) is 0 Å². The van der Waals surface area contributed by atoms with Gasteiger partial charge in [-0.2, -0.15) is 0 Å². The zero-order chi connectivity index (χ0) is 14.8. The van der Waals surface area contributed by atoms with Crippen LogP contribution in [-0.2, 0) is 9.59 Å². The third-order valence-corrected chi connectivity index (χ3v) is 3.11. The van der Waals surface area contributed by atoms with Gasteiger partial charge in [0.15, 0.2) is 0 Å². The number of anilines is 1. The summed E-state index contributed by atoms with van der Waals surface area (Å²) in [6.45, 7) is 0. The molecule has 104 valence electrons. The van der Waals surface area contributed by atoms with E-state index in [2.05, 4.69) is 5.43 Å². The van der Waals surface area contributed by atoms with E-state index in [1.807, 2.05) is 6.07 Å². The van der Waals surface area contributed by atoms with Crippen LogP contribution in [0.2, 0.25) is 0 Å². The Morgan fingerprint density at radius 1 is 0.952 bits per heavy atom. The second-order valence-corrected chi connectivity index (χ2v) is 4.50. The summed E-state index contributed by atoms with van der Waals surface area (Å²) in [6.07, 6.45) is 1.26. The summed E-state index contributed by atoms with van der Waals surface area (Å²) in [5.41, 5.74) is 3.12. The van der Waals surface area contributed by atoms with Crippen molar-refractivity contribution in [2.75, 3.05) is 5.01 Å². The molecule has 2 aromatic rings. The summed E-state index contributed by atoms with van der Waals surface area (Å²) in [6, 6.07) is 14.7. The van der Waals surface area contributed by atoms with Crippen molar-refractivity contribution in [1.82, 2.24) is 5.43 Å². The topological polar surface area (TPSA) is 49.4 Å². The van der Waals surface area contributed by atoms with Crippen molar-refractivity contribution in [3.05, 3.63) is 71.6 Å². The Bertz CT molecular complexity index is 741.